The third-order valence-electron chi connectivity index (χ3n) is 6.15. The molecule has 3 aromatic carbocycles. The molecular weight excluding hydrogens is 386 g/mol. The summed E-state index contributed by atoms with van der Waals surface area (Å²) in [6.07, 6.45) is 0.568. The van der Waals surface area contributed by atoms with E-state index < -0.39 is 17.1 Å². The summed E-state index contributed by atoms with van der Waals surface area (Å²) in [4.78, 5) is 28.2. The maximum absolute atomic E-state index is 13.9. The number of amides is 2. The molecule has 0 aromatic heterocycles. The van der Waals surface area contributed by atoms with Crippen LogP contribution in [-0.4, -0.2) is 17.6 Å². The number of hydrogen-bond donors (Lipinski definition) is 0. The maximum Gasteiger partial charge on any atom is 0.421 e. The quantitative estimate of drug-likeness (QED) is 0.518. The van der Waals surface area contributed by atoms with Crippen LogP contribution in [0, 0.1) is 0 Å². The smallest absolute Gasteiger partial charge is 0.421 e. The van der Waals surface area contributed by atoms with E-state index in [1.807, 2.05) is 63.2 Å². The van der Waals surface area contributed by atoms with Crippen LogP contribution in [-0.2, 0) is 27.8 Å². The van der Waals surface area contributed by atoms with Gasteiger partial charge >= 0.3 is 6.09 Å². The van der Waals surface area contributed by atoms with Gasteiger partial charge in [-0.15, -0.1) is 0 Å². The largest absolute Gasteiger partial charge is 0.443 e. The SMILES string of the molecule is CC(C)(C)OC(=O)N1C(=O)C2(Cc3ccccc3C2)c2cc(-c3ccccc3)ccc21. The molecule has 0 saturated heterocycles. The van der Waals surface area contributed by atoms with Gasteiger partial charge in [0.15, 0.2) is 0 Å². The van der Waals surface area contributed by atoms with Crippen molar-refractivity contribution in [3.05, 3.63) is 89.5 Å². The second kappa shape index (κ2) is 6.81. The van der Waals surface area contributed by atoms with Crippen LogP contribution in [0.3, 0.4) is 0 Å². The van der Waals surface area contributed by atoms with E-state index in [-0.39, 0.29) is 5.91 Å². The first kappa shape index (κ1) is 19.6. The van der Waals surface area contributed by atoms with E-state index in [4.69, 9.17) is 4.74 Å². The van der Waals surface area contributed by atoms with E-state index in [1.54, 1.807) is 0 Å². The number of carbonyl (C=O) groups is 2. The zero-order valence-corrected chi connectivity index (χ0v) is 18.0. The standard InChI is InChI=1S/C27H25NO3/c1-26(2,3)31-25(30)28-23-14-13-19(18-9-5-4-6-10-18)15-22(23)27(24(28)29)16-20-11-7-8-12-21(20)17-27/h4-15H,16-17H2,1-3H3. The van der Waals surface area contributed by atoms with Crippen LogP contribution in [0.5, 0.6) is 0 Å². The number of nitrogens with zero attached hydrogens (tertiary/aromatic N) is 1. The summed E-state index contributed by atoms with van der Waals surface area (Å²) in [5, 5.41) is 0. The third kappa shape index (κ3) is 3.14. The molecule has 1 aliphatic heterocycles. The summed E-state index contributed by atoms with van der Waals surface area (Å²) in [7, 11) is 0. The van der Waals surface area contributed by atoms with Crippen LogP contribution in [0.15, 0.2) is 72.8 Å². The minimum atomic E-state index is -0.777. The van der Waals surface area contributed by atoms with Gasteiger partial charge in [-0.1, -0.05) is 60.7 Å². The lowest BCUT2D eigenvalue weighted by Gasteiger charge is -2.25. The first-order chi connectivity index (χ1) is 14.8. The lowest BCUT2D eigenvalue weighted by molar-refractivity contribution is -0.122. The van der Waals surface area contributed by atoms with Crippen LogP contribution in [0.1, 0.15) is 37.5 Å². The van der Waals surface area contributed by atoms with Gasteiger partial charge in [0.1, 0.15) is 5.60 Å². The molecule has 1 spiro atoms. The average Bonchev–Trinajstić information content (AvgIpc) is 3.24. The van der Waals surface area contributed by atoms with Crippen molar-refractivity contribution in [1.82, 2.24) is 0 Å². The molecule has 4 heteroatoms. The second-order valence-corrected chi connectivity index (χ2v) is 9.42. The predicted molar refractivity (Wildman–Crippen MR) is 121 cm³/mol. The molecule has 5 rings (SSSR count). The van der Waals surface area contributed by atoms with Crippen molar-refractivity contribution >= 4 is 17.7 Å². The van der Waals surface area contributed by atoms with E-state index in [0.29, 0.717) is 18.5 Å². The molecule has 0 saturated carbocycles. The van der Waals surface area contributed by atoms with E-state index in [0.717, 1.165) is 27.8 Å². The Bertz CT molecular complexity index is 1170. The van der Waals surface area contributed by atoms with E-state index in [1.165, 1.54) is 4.90 Å². The van der Waals surface area contributed by atoms with Crippen molar-refractivity contribution in [2.75, 3.05) is 4.90 Å². The highest BCUT2D eigenvalue weighted by atomic mass is 16.6. The van der Waals surface area contributed by atoms with Crippen LogP contribution >= 0.6 is 0 Å². The van der Waals surface area contributed by atoms with Gasteiger partial charge in [0.2, 0.25) is 5.91 Å². The van der Waals surface area contributed by atoms with Crippen molar-refractivity contribution in [2.24, 2.45) is 0 Å². The van der Waals surface area contributed by atoms with E-state index in [9.17, 15) is 9.59 Å². The fourth-order valence-electron chi connectivity index (χ4n) is 4.81. The minimum Gasteiger partial charge on any atom is -0.443 e. The molecule has 0 fully saturated rings. The zero-order chi connectivity index (χ0) is 21.8. The Hall–Kier alpha value is -3.40. The molecule has 0 radical (unpaired) electrons. The fourth-order valence-corrected chi connectivity index (χ4v) is 4.81. The van der Waals surface area contributed by atoms with Crippen LogP contribution < -0.4 is 4.90 Å². The first-order valence-electron chi connectivity index (χ1n) is 10.6. The van der Waals surface area contributed by atoms with Crippen LogP contribution in [0.4, 0.5) is 10.5 Å². The Morgan fingerprint density at radius 2 is 1.48 bits per heavy atom. The number of carbonyl (C=O) groups excluding carboxylic acids is 2. The molecule has 0 unspecified atom stereocenters. The highest BCUT2D eigenvalue weighted by Crippen LogP contribution is 2.51. The molecule has 1 heterocycles. The number of benzene rings is 3. The van der Waals surface area contributed by atoms with Crippen molar-refractivity contribution in [3.63, 3.8) is 0 Å². The number of anilines is 1. The summed E-state index contributed by atoms with van der Waals surface area (Å²) in [6.45, 7) is 5.43. The predicted octanol–water partition coefficient (Wildman–Crippen LogP) is 5.67. The highest BCUT2D eigenvalue weighted by molar-refractivity contribution is 6.21. The van der Waals surface area contributed by atoms with Gasteiger partial charge in [-0.3, -0.25) is 4.79 Å². The summed E-state index contributed by atoms with van der Waals surface area (Å²) in [5.41, 5.74) is 4.52. The van der Waals surface area contributed by atoms with Gasteiger partial charge in [0.05, 0.1) is 11.1 Å². The fraction of sp³-hybridized carbons (Fsp3) is 0.259. The van der Waals surface area contributed by atoms with Crippen molar-refractivity contribution in [2.45, 2.75) is 44.6 Å². The normalized spacial score (nSPS) is 16.4. The number of imide groups is 1. The summed E-state index contributed by atoms with van der Waals surface area (Å²) in [6, 6.07) is 24.2. The Morgan fingerprint density at radius 3 is 2.10 bits per heavy atom. The number of fused-ring (bicyclic) bond motifs is 3. The molecule has 0 bridgehead atoms. The van der Waals surface area contributed by atoms with E-state index in [2.05, 4.69) is 30.3 Å². The molecule has 4 nitrogen and oxygen atoms in total. The average molecular weight is 412 g/mol. The molecule has 0 N–H and O–H groups in total. The lowest BCUT2D eigenvalue weighted by Crippen LogP contribution is -2.45. The molecule has 31 heavy (non-hydrogen) atoms. The molecule has 2 amide bonds. The summed E-state index contributed by atoms with van der Waals surface area (Å²) >= 11 is 0. The number of hydrogen-bond acceptors (Lipinski definition) is 3. The lowest BCUT2D eigenvalue weighted by atomic mass is 9.78. The molecular formula is C27H25NO3. The Kier molecular flexibility index (Phi) is 4.30. The van der Waals surface area contributed by atoms with Gasteiger partial charge in [0.25, 0.3) is 0 Å². The van der Waals surface area contributed by atoms with Gasteiger partial charge in [-0.25, -0.2) is 9.69 Å². The van der Waals surface area contributed by atoms with Gasteiger partial charge < -0.3 is 4.74 Å². The van der Waals surface area contributed by atoms with Crippen molar-refractivity contribution in [1.29, 1.82) is 0 Å². The second-order valence-electron chi connectivity index (χ2n) is 9.42. The summed E-state index contributed by atoms with van der Waals surface area (Å²) in [5.74, 6) is -0.196. The Morgan fingerprint density at radius 1 is 0.871 bits per heavy atom. The van der Waals surface area contributed by atoms with Gasteiger partial charge in [0, 0.05) is 0 Å². The Labute approximate surface area is 182 Å². The van der Waals surface area contributed by atoms with Crippen molar-refractivity contribution < 1.29 is 14.3 Å². The first-order valence-corrected chi connectivity index (χ1v) is 10.6. The monoisotopic (exact) mass is 411 g/mol. The zero-order valence-electron chi connectivity index (χ0n) is 18.0. The maximum atomic E-state index is 13.9. The third-order valence-corrected chi connectivity index (χ3v) is 6.15. The molecule has 1 aliphatic carbocycles. The topological polar surface area (TPSA) is 46.6 Å². The van der Waals surface area contributed by atoms with E-state index >= 15 is 0 Å². The molecule has 3 aromatic rings. The van der Waals surface area contributed by atoms with Crippen LogP contribution in [0.25, 0.3) is 11.1 Å². The van der Waals surface area contributed by atoms with Gasteiger partial charge in [-0.05, 0) is 73.6 Å². The number of ether oxygens (including phenoxy) is 1. The highest BCUT2D eigenvalue weighted by Gasteiger charge is 2.56. The summed E-state index contributed by atoms with van der Waals surface area (Å²) < 4.78 is 5.61. The Balaban J connectivity index is 1.66. The minimum absolute atomic E-state index is 0.196. The molecule has 2 aliphatic rings. The van der Waals surface area contributed by atoms with Gasteiger partial charge in [-0.2, -0.15) is 0 Å². The van der Waals surface area contributed by atoms with Crippen molar-refractivity contribution in [3.8, 4) is 11.1 Å². The molecule has 156 valence electrons. The molecule has 0 atom stereocenters. The number of rotatable bonds is 1. The van der Waals surface area contributed by atoms with Crippen LogP contribution in [0.2, 0.25) is 0 Å².